The molecule has 2 aliphatic heterocycles. The molecule has 2 unspecified atom stereocenters. The van der Waals surface area contributed by atoms with Crippen LogP contribution in [0, 0.1) is 5.92 Å². The number of nitrogens with zero attached hydrogens (tertiary/aromatic N) is 2. The van der Waals surface area contributed by atoms with Crippen molar-refractivity contribution in [1.82, 2.24) is 20.9 Å². The van der Waals surface area contributed by atoms with Crippen molar-refractivity contribution < 1.29 is 18.8 Å². The van der Waals surface area contributed by atoms with E-state index in [2.05, 4.69) is 201 Å². The lowest BCUT2D eigenvalue weighted by Crippen LogP contribution is -2.66. The maximum Gasteiger partial charge on any atom is 0.261 e. The summed E-state index contributed by atoms with van der Waals surface area (Å²) in [5.74, 6) is -0.0384. The standard InChI is InChI=1S/C63H67N5O4S3Si/c1-44(2)55-58(70)65-50(30-22-23-39-74-63(47-24-12-7-13-25-47,48-26-14-8-15-27-48)49-28-16-9-17-29-49)40-53(69)64-41-54-66-56(59-68-62(6,43-73-59)60(71)67-55)57(75-54)46-37-35-45(36-38-46)42-72-76(61(3,4)5,51-31-18-10-19-32-51)52-33-20-11-21-34-52/h7-22,24-38,44,50,55H,23,39-43H2,1-6H3,(H,64,69)(H,65,70)(H,67,71)/b30-22+/t50?,55?,62-/m0/s1. The van der Waals surface area contributed by atoms with Crippen LogP contribution in [0.15, 0.2) is 193 Å². The van der Waals surface area contributed by atoms with Crippen molar-refractivity contribution in [3.63, 3.8) is 0 Å². The van der Waals surface area contributed by atoms with Crippen LogP contribution in [0.25, 0.3) is 10.4 Å². The molecule has 6 aromatic carbocycles. The molecule has 9 nitrogen and oxygen atoms in total. The summed E-state index contributed by atoms with van der Waals surface area (Å²) in [4.78, 5) is 53.6. The van der Waals surface area contributed by atoms with Gasteiger partial charge in [0.25, 0.3) is 8.32 Å². The first kappa shape index (κ1) is 54.4. The van der Waals surface area contributed by atoms with Crippen molar-refractivity contribution in [2.24, 2.45) is 10.9 Å². The van der Waals surface area contributed by atoms with Crippen molar-refractivity contribution in [2.45, 2.75) is 94.9 Å². The van der Waals surface area contributed by atoms with Crippen LogP contribution in [-0.4, -0.2) is 65.2 Å². The van der Waals surface area contributed by atoms with Gasteiger partial charge in [0.2, 0.25) is 17.7 Å². The highest BCUT2D eigenvalue weighted by Crippen LogP contribution is 2.49. The zero-order valence-corrected chi connectivity index (χ0v) is 47.6. The zero-order chi connectivity index (χ0) is 53.3. The molecule has 0 fully saturated rings. The lowest BCUT2D eigenvalue weighted by Gasteiger charge is -2.43. The van der Waals surface area contributed by atoms with Gasteiger partial charge in [-0.3, -0.25) is 19.4 Å². The Morgan fingerprint density at radius 2 is 1.29 bits per heavy atom. The monoisotopic (exact) mass is 1080 g/mol. The van der Waals surface area contributed by atoms with Crippen LogP contribution in [0.5, 0.6) is 0 Å². The van der Waals surface area contributed by atoms with Crippen molar-refractivity contribution in [2.75, 3.05) is 11.5 Å². The summed E-state index contributed by atoms with van der Waals surface area (Å²) < 4.78 is 6.80. The molecule has 0 saturated heterocycles. The Balaban J connectivity index is 0.965. The number of hydrogen-bond acceptors (Lipinski definition) is 9. The Kier molecular flexibility index (Phi) is 17.1. The first-order valence-electron chi connectivity index (χ1n) is 26.1. The summed E-state index contributed by atoms with van der Waals surface area (Å²) in [5.41, 5.74) is 5.07. The summed E-state index contributed by atoms with van der Waals surface area (Å²) in [6.45, 7) is 13.1. The minimum absolute atomic E-state index is 0.00106. The van der Waals surface area contributed by atoms with Crippen LogP contribution >= 0.6 is 34.9 Å². The van der Waals surface area contributed by atoms with Gasteiger partial charge in [-0.25, -0.2) is 4.98 Å². The quantitative estimate of drug-likeness (QED) is 0.0405. The third-order valence-corrected chi connectivity index (χ3v) is 23.1. The Hall–Kier alpha value is -6.35. The summed E-state index contributed by atoms with van der Waals surface area (Å²) in [6.07, 6.45) is 4.65. The van der Waals surface area contributed by atoms with E-state index in [-0.39, 0.29) is 41.6 Å². The number of aliphatic imine (C=N–C) groups is 1. The zero-order valence-electron chi connectivity index (χ0n) is 44.1. The molecule has 2 aliphatic rings. The van der Waals surface area contributed by atoms with E-state index in [0.717, 1.165) is 21.8 Å². The normalized spacial score (nSPS) is 18.8. The minimum Gasteiger partial charge on any atom is -0.403 e. The number of carbonyl (C=O) groups is 3. The van der Waals surface area contributed by atoms with Crippen molar-refractivity contribution in [3.05, 3.63) is 221 Å². The highest BCUT2D eigenvalue weighted by Gasteiger charge is 2.50. The van der Waals surface area contributed by atoms with Crippen LogP contribution in [0.2, 0.25) is 5.04 Å². The number of carbonyl (C=O) groups excluding carboxylic acids is 3. The van der Waals surface area contributed by atoms with Gasteiger partial charge in [-0.2, -0.15) is 0 Å². The number of fused-ring (bicyclic) bond motifs is 4. The maximum atomic E-state index is 14.3. The fourth-order valence-corrected chi connectivity index (χ4v) is 18.5. The van der Waals surface area contributed by atoms with Crippen LogP contribution in [0.3, 0.4) is 0 Å². The second kappa shape index (κ2) is 23.9. The van der Waals surface area contributed by atoms with E-state index in [1.807, 2.05) is 56.8 Å². The van der Waals surface area contributed by atoms with E-state index in [1.165, 1.54) is 50.2 Å². The third kappa shape index (κ3) is 11.8. The molecule has 3 heterocycles. The van der Waals surface area contributed by atoms with Crippen LogP contribution in [0.1, 0.15) is 87.3 Å². The van der Waals surface area contributed by atoms with E-state index < -0.39 is 30.7 Å². The maximum absolute atomic E-state index is 14.3. The van der Waals surface area contributed by atoms with Gasteiger partial charge in [-0.1, -0.05) is 223 Å². The van der Waals surface area contributed by atoms with Gasteiger partial charge in [0.1, 0.15) is 27.3 Å². The third-order valence-electron chi connectivity index (χ3n) is 14.2. The van der Waals surface area contributed by atoms with Crippen LogP contribution in [-0.2, 0) is 36.7 Å². The lowest BCUT2D eigenvalue weighted by atomic mass is 9.84. The van der Waals surface area contributed by atoms with Gasteiger partial charge in [0.15, 0.2) is 0 Å². The second-order valence-electron chi connectivity index (χ2n) is 21.0. The average molecular weight is 1080 g/mol. The van der Waals surface area contributed by atoms with E-state index in [9.17, 15) is 14.4 Å². The number of nitrogens with one attached hydrogen (secondary N) is 3. The molecule has 0 spiro atoms. The average Bonchev–Trinajstić information content (AvgIpc) is 4.11. The van der Waals surface area contributed by atoms with Gasteiger partial charge in [-0.15, -0.1) is 34.9 Å². The molecule has 13 heteroatoms. The summed E-state index contributed by atoms with van der Waals surface area (Å²) >= 11 is 4.84. The predicted molar refractivity (Wildman–Crippen MR) is 318 cm³/mol. The molecule has 0 aliphatic carbocycles. The Labute approximate surface area is 462 Å². The molecular weight excluding hydrogens is 1020 g/mol. The largest absolute Gasteiger partial charge is 0.403 e. The number of hydrogen-bond donors (Lipinski definition) is 3. The SMILES string of the molecule is CC(C)C1NC(=O)[C@]2(C)CSC(=N2)c2nc(sc2-c2ccc(CO[Si](c3ccccc3)(c3ccccc3)C(C)(C)C)cc2)CNC(=O)CC(/C=C/CCSC(c2ccccc2)(c2ccccc2)c2ccccc2)NC1=O. The van der Waals surface area contributed by atoms with Crippen molar-refractivity contribution >= 4 is 76.3 Å². The molecule has 3 N–H and O–H groups in total. The van der Waals surface area contributed by atoms with E-state index >= 15 is 0 Å². The Morgan fingerprint density at radius 3 is 1.82 bits per heavy atom. The van der Waals surface area contributed by atoms with Gasteiger partial charge in [-0.05, 0) is 68.2 Å². The molecule has 390 valence electrons. The highest BCUT2D eigenvalue weighted by molar-refractivity contribution is 8.14. The molecule has 0 saturated carbocycles. The first-order chi connectivity index (χ1) is 36.7. The fraction of sp³-hybridized carbons (Fsp3) is 0.286. The number of allylic oxidation sites excluding steroid dienone is 1. The number of thioether (sulfide) groups is 2. The van der Waals surface area contributed by atoms with Crippen molar-refractivity contribution in [3.8, 4) is 10.4 Å². The topological polar surface area (TPSA) is 122 Å². The fourth-order valence-electron chi connectivity index (χ4n) is 10.2. The summed E-state index contributed by atoms with van der Waals surface area (Å²) in [5, 5.41) is 13.0. The molecule has 0 radical (unpaired) electrons. The number of rotatable bonds is 15. The number of thiazole rings is 1. The number of aromatic nitrogens is 1. The van der Waals surface area contributed by atoms with E-state index in [0.29, 0.717) is 34.5 Å². The molecule has 1 aromatic heterocycles. The van der Waals surface area contributed by atoms with Crippen LogP contribution < -0.4 is 26.3 Å². The highest BCUT2D eigenvalue weighted by atomic mass is 32.2. The molecule has 9 rings (SSSR count). The van der Waals surface area contributed by atoms with Crippen molar-refractivity contribution in [1.29, 1.82) is 0 Å². The smallest absolute Gasteiger partial charge is 0.261 e. The Bertz CT molecular complexity index is 3010. The first-order valence-corrected chi connectivity index (χ1v) is 30.8. The molecule has 3 atom stereocenters. The number of amides is 3. The molecule has 7 aromatic rings. The molecular formula is C63H67N5O4S3Si. The second-order valence-corrected chi connectivity index (χ2v) is 28.7. The van der Waals surface area contributed by atoms with Gasteiger partial charge in [0, 0.05) is 5.75 Å². The van der Waals surface area contributed by atoms with E-state index in [4.69, 9.17) is 14.4 Å². The van der Waals surface area contributed by atoms with E-state index in [1.54, 1.807) is 0 Å². The minimum atomic E-state index is -2.77. The lowest BCUT2D eigenvalue weighted by molar-refractivity contribution is -0.132. The van der Waals surface area contributed by atoms with Gasteiger partial charge < -0.3 is 20.4 Å². The molecule has 76 heavy (non-hydrogen) atoms. The Morgan fingerprint density at radius 1 is 0.750 bits per heavy atom. The predicted octanol–water partition coefficient (Wildman–Crippen LogP) is 11.5. The van der Waals surface area contributed by atoms with Gasteiger partial charge in [0.05, 0.1) is 35.2 Å². The summed E-state index contributed by atoms with van der Waals surface area (Å²) in [7, 11) is -2.77. The summed E-state index contributed by atoms with van der Waals surface area (Å²) in [6, 6.07) is 60.0. The van der Waals surface area contributed by atoms with Crippen LogP contribution in [0.4, 0.5) is 0 Å². The molecule has 4 bridgehead atoms. The number of benzene rings is 6. The van der Waals surface area contributed by atoms with Gasteiger partial charge >= 0.3 is 0 Å². The molecule has 3 amide bonds.